The zero-order valence-electron chi connectivity index (χ0n) is 24.3. The molecule has 0 saturated heterocycles. The van der Waals surface area contributed by atoms with E-state index < -0.39 is 18.2 Å². The SMILES string of the molecule is CCCCCCCC(=O)N(C1CCCCC1)C1CC(C(=O)NCCO)=CC(Oc2c(I)cc(C=O)cc2OC)C1O. The second-order valence-corrected chi connectivity index (χ2v) is 12.1. The Morgan fingerprint density at radius 1 is 1.15 bits per heavy atom. The Morgan fingerprint density at radius 2 is 1.88 bits per heavy atom. The van der Waals surface area contributed by atoms with Crippen LogP contribution in [-0.2, 0) is 9.59 Å². The molecule has 1 fully saturated rings. The van der Waals surface area contributed by atoms with Gasteiger partial charge in [-0.1, -0.05) is 51.9 Å². The van der Waals surface area contributed by atoms with Crippen LogP contribution < -0.4 is 14.8 Å². The van der Waals surface area contributed by atoms with Gasteiger partial charge in [-0.2, -0.15) is 0 Å². The minimum atomic E-state index is -1.10. The average molecular weight is 685 g/mol. The number of aliphatic hydroxyl groups excluding tert-OH is 2. The normalized spacial score (nSPS) is 21.1. The van der Waals surface area contributed by atoms with Crippen LogP contribution in [0, 0.1) is 3.57 Å². The van der Waals surface area contributed by atoms with Crippen molar-refractivity contribution in [2.24, 2.45) is 0 Å². The molecule has 3 unspecified atom stereocenters. The third-order valence-electron chi connectivity index (χ3n) is 7.96. The molecule has 0 spiro atoms. The van der Waals surface area contributed by atoms with Gasteiger partial charge in [0.2, 0.25) is 11.8 Å². The van der Waals surface area contributed by atoms with Crippen molar-refractivity contribution < 1.29 is 34.1 Å². The van der Waals surface area contributed by atoms with E-state index in [2.05, 4.69) is 12.2 Å². The summed E-state index contributed by atoms with van der Waals surface area (Å²) in [6, 6.07) is 2.57. The predicted molar refractivity (Wildman–Crippen MR) is 165 cm³/mol. The number of aldehydes is 1. The highest BCUT2D eigenvalue weighted by molar-refractivity contribution is 14.1. The zero-order valence-corrected chi connectivity index (χ0v) is 26.4. The van der Waals surface area contributed by atoms with Crippen LogP contribution >= 0.6 is 22.6 Å². The molecule has 3 rings (SSSR count). The van der Waals surface area contributed by atoms with Crippen LogP contribution in [0.1, 0.15) is 94.3 Å². The molecule has 1 aromatic rings. The summed E-state index contributed by atoms with van der Waals surface area (Å²) in [5.41, 5.74) is 0.821. The van der Waals surface area contributed by atoms with E-state index >= 15 is 0 Å². The summed E-state index contributed by atoms with van der Waals surface area (Å²) in [5, 5.41) is 23.7. The fourth-order valence-corrected chi connectivity index (χ4v) is 6.59. The second-order valence-electron chi connectivity index (χ2n) is 10.9. The van der Waals surface area contributed by atoms with Gasteiger partial charge in [0, 0.05) is 36.6 Å². The summed E-state index contributed by atoms with van der Waals surface area (Å²) >= 11 is 2.05. The number of carbonyl (C=O) groups excluding carboxylic acids is 3. The molecule has 41 heavy (non-hydrogen) atoms. The quantitative estimate of drug-likeness (QED) is 0.141. The molecule has 0 bridgehead atoms. The molecule has 3 N–H and O–H groups in total. The molecule has 1 aromatic carbocycles. The first-order chi connectivity index (χ1) is 19.8. The molecule has 0 aromatic heterocycles. The number of unbranched alkanes of at least 4 members (excludes halogenated alkanes) is 4. The Balaban J connectivity index is 1.96. The Hall–Kier alpha value is -2.18. The van der Waals surface area contributed by atoms with Crippen LogP contribution in [0.25, 0.3) is 0 Å². The standard InChI is InChI=1S/C31H45IN2O7/c1-3-4-5-6-10-13-28(37)34(23-11-8-7-9-12-23)25-18-22(31(39)33-14-15-35)19-26(29(25)38)41-30-24(32)16-21(20-36)17-27(30)40-2/h16-17,19-20,23,25-26,29,35,38H,3-15,18H2,1-2H3,(H,33,39). The monoisotopic (exact) mass is 684 g/mol. The van der Waals surface area contributed by atoms with Crippen LogP contribution in [0.3, 0.4) is 0 Å². The first-order valence-electron chi connectivity index (χ1n) is 14.9. The summed E-state index contributed by atoms with van der Waals surface area (Å²) < 4.78 is 12.4. The Morgan fingerprint density at radius 3 is 2.54 bits per heavy atom. The maximum atomic E-state index is 13.8. The van der Waals surface area contributed by atoms with Gasteiger partial charge >= 0.3 is 0 Å². The van der Waals surface area contributed by atoms with E-state index in [0.29, 0.717) is 32.6 Å². The van der Waals surface area contributed by atoms with Crippen LogP contribution in [0.15, 0.2) is 23.8 Å². The minimum Gasteiger partial charge on any atom is -0.493 e. The molecule has 228 valence electrons. The number of amides is 2. The topological polar surface area (TPSA) is 125 Å². The smallest absolute Gasteiger partial charge is 0.247 e. The largest absolute Gasteiger partial charge is 0.493 e. The van der Waals surface area contributed by atoms with E-state index in [9.17, 15) is 24.6 Å². The van der Waals surface area contributed by atoms with Crippen molar-refractivity contribution >= 4 is 40.7 Å². The fraction of sp³-hybridized carbons (Fsp3) is 0.645. The van der Waals surface area contributed by atoms with Gasteiger partial charge < -0.3 is 29.9 Å². The van der Waals surface area contributed by atoms with Crippen LogP contribution in [0.2, 0.25) is 0 Å². The molecule has 10 heteroatoms. The van der Waals surface area contributed by atoms with Gasteiger partial charge in [-0.3, -0.25) is 14.4 Å². The number of benzene rings is 1. The number of nitrogens with zero attached hydrogens (tertiary/aromatic N) is 1. The van der Waals surface area contributed by atoms with Gasteiger partial charge in [0.15, 0.2) is 11.5 Å². The highest BCUT2D eigenvalue weighted by Gasteiger charge is 2.43. The highest BCUT2D eigenvalue weighted by atomic mass is 127. The van der Waals surface area contributed by atoms with E-state index in [4.69, 9.17) is 9.47 Å². The zero-order chi connectivity index (χ0) is 29.8. The number of rotatable bonds is 15. The molecule has 2 amide bonds. The molecule has 0 radical (unpaired) electrons. The average Bonchev–Trinajstić information content (AvgIpc) is 2.98. The number of halogens is 1. The molecule has 0 heterocycles. The lowest BCUT2D eigenvalue weighted by molar-refractivity contribution is -0.143. The summed E-state index contributed by atoms with van der Waals surface area (Å²) in [7, 11) is 1.47. The first kappa shape index (κ1) is 33.3. The Bertz CT molecular complexity index is 1060. The van der Waals surface area contributed by atoms with Crippen molar-refractivity contribution in [1.82, 2.24) is 10.2 Å². The number of aliphatic hydroxyl groups is 2. The number of ether oxygens (including phenoxy) is 2. The highest BCUT2D eigenvalue weighted by Crippen LogP contribution is 2.38. The van der Waals surface area contributed by atoms with Gasteiger partial charge in [0.05, 0.1) is 23.3 Å². The number of hydrogen-bond donors (Lipinski definition) is 3. The summed E-state index contributed by atoms with van der Waals surface area (Å²) in [4.78, 5) is 40.2. The predicted octanol–water partition coefficient (Wildman–Crippen LogP) is 4.55. The molecule has 0 aliphatic heterocycles. The third kappa shape index (κ3) is 9.15. The van der Waals surface area contributed by atoms with Crippen molar-refractivity contribution in [3.8, 4) is 11.5 Å². The lowest BCUT2D eigenvalue weighted by atomic mass is 9.85. The van der Waals surface area contributed by atoms with E-state index in [1.165, 1.54) is 7.11 Å². The number of nitrogens with one attached hydrogen (secondary N) is 1. The Kier molecular flexibility index (Phi) is 13.9. The van der Waals surface area contributed by atoms with Crippen LogP contribution in [-0.4, -0.2) is 77.8 Å². The second kappa shape index (κ2) is 17.1. The summed E-state index contributed by atoms with van der Waals surface area (Å²) in [5.74, 6) is 0.329. The third-order valence-corrected chi connectivity index (χ3v) is 8.76. The fourth-order valence-electron chi connectivity index (χ4n) is 5.83. The van der Waals surface area contributed by atoms with Gasteiger partial charge in [0.1, 0.15) is 18.5 Å². The minimum absolute atomic E-state index is 0.00593. The molecule has 3 atom stereocenters. The lowest BCUT2D eigenvalue weighted by Gasteiger charge is -2.45. The van der Waals surface area contributed by atoms with Crippen LogP contribution in [0.5, 0.6) is 11.5 Å². The van der Waals surface area contributed by atoms with E-state index in [0.717, 1.165) is 70.5 Å². The number of carbonyl (C=O) groups is 3. The molecule has 2 aliphatic carbocycles. The van der Waals surface area contributed by atoms with Gasteiger partial charge in [0.25, 0.3) is 0 Å². The molecular weight excluding hydrogens is 639 g/mol. The number of hydrogen-bond acceptors (Lipinski definition) is 7. The molecular formula is C31H45IN2O7. The van der Waals surface area contributed by atoms with Gasteiger partial charge in [-0.15, -0.1) is 0 Å². The van der Waals surface area contributed by atoms with Gasteiger partial charge in [-0.05, 0) is 60.1 Å². The van der Waals surface area contributed by atoms with Crippen molar-refractivity contribution in [3.05, 3.63) is 32.9 Å². The summed E-state index contributed by atoms with van der Waals surface area (Å²) in [6.07, 6.45) is 10.9. The molecule has 2 aliphatic rings. The van der Waals surface area contributed by atoms with Crippen molar-refractivity contribution in [3.63, 3.8) is 0 Å². The molecule has 1 saturated carbocycles. The van der Waals surface area contributed by atoms with E-state index in [-0.39, 0.29) is 37.4 Å². The maximum absolute atomic E-state index is 13.8. The maximum Gasteiger partial charge on any atom is 0.247 e. The van der Waals surface area contributed by atoms with Crippen molar-refractivity contribution in [2.45, 2.75) is 108 Å². The van der Waals surface area contributed by atoms with Crippen molar-refractivity contribution in [2.75, 3.05) is 20.3 Å². The van der Waals surface area contributed by atoms with E-state index in [1.807, 2.05) is 27.5 Å². The van der Waals surface area contributed by atoms with Crippen molar-refractivity contribution in [1.29, 1.82) is 0 Å². The Labute approximate surface area is 257 Å². The number of methoxy groups -OCH3 is 1. The van der Waals surface area contributed by atoms with E-state index in [1.54, 1.807) is 18.2 Å². The van der Waals surface area contributed by atoms with Crippen LogP contribution in [0.4, 0.5) is 0 Å². The summed E-state index contributed by atoms with van der Waals surface area (Å²) in [6.45, 7) is 2.05. The lowest BCUT2D eigenvalue weighted by Crippen LogP contribution is -2.58. The van der Waals surface area contributed by atoms with Gasteiger partial charge in [-0.25, -0.2) is 0 Å². The first-order valence-corrected chi connectivity index (χ1v) is 16.0. The molecule has 9 nitrogen and oxygen atoms in total.